The van der Waals surface area contributed by atoms with Gasteiger partial charge >= 0.3 is 6.03 Å². The third-order valence-corrected chi connectivity index (χ3v) is 2.28. The number of rotatable bonds is 1. The van der Waals surface area contributed by atoms with Gasteiger partial charge in [0.25, 0.3) is 5.91 Å². The van der Waals surface area contributed by atoms with Crippen LogP contribution in [0.3, 0.4) is 0 Å². The molecule has 3 amide bonds. The molecule has 1 aliphatic rings. The van der Waals surface area contributed by atoms with Gasteiger partial charge in [0.15, 0.2) is 0 Å². The molecule has 0 bridgehead atoms. The first kappa shape index (κ1) is 8.68. The van der Waals surface area contributed by atoms with E-state index in [1.165, 1.54) is 0 Å². The summed E-state index contributed by atoms with van der Waals surface area (Å²) in [5, 5.41) is 4.75. The van der Waals surface area contributed by atoms with Gasteiger partial charge in [-0.3, -0.25) is 15.1 Å². The van der Waals surface area contributed by atoms with E-state index in [4.69, 9.17) is 0 Å². The van der Waals surface area contributed by atoms with Crippen molar-refractivity contribution in [1.29, 1.82) is 0 Å². The Balaban J connectivity index is 2.43. The summed E-state index contributed by atoms with van der Waals surface area (Å²) < 4.78 is 0. The fraction of sp³-hybridized carbons (Fsp3) is 0.222. The number of nitrogens with zero attached hydrogens (tertiary/aromatic N) is 1. The second-order valence-electron chi connectivity index (χ2n) is 3.27. The number of hydrogen-bond acceptors (Lipinski definition) is 3. The molecular weight excluding hydrogens is 182 g/mol. The summed E-state index contributed by atoms with van der Waals surface area (Å²) in [6, 6.07) is 3.00. The van der Waals surface area contributed by atoms with Crippen LogP contribution >= 0.6 is 0 Å². The second kappa shape index (κ2) is 2.80. The molecule has 2 N–H and O–H groups in total. The van der Waals surface area contributed by atoms with Crippen LogP contribution in [0, 0.1) is 0 Å². The van der Waals surface area contributed by atoms with Gasteiger partial charge in [-0.1, -0.05) is 6.07 Å². The quantitative estimate of drug-likeness (QED) is 0.620. The Morgan fingerprint density at radius 1 is 1.43 bits per heavy atom. The van der Waals surface area contributed by atoms with Crippen molar-refractivity contribution in [3.8, 4) is 0 Å². The van der Waals surface area contributed by atoms with E-state index in [9.17, 15) is 9.59 Å². The summed E-state index contributed by atoms with van der Waals surface area (Å²) in [6.45, 7) is 1.64. The lowest BCUT2D eigenvalue weighted by molar-refractivity contribution is -0.123. The van der Waals surface area contributed by atoms with E-state index in [0.29, 0.717) is 5.56 Å². The lowest BCUT2D eigenvalue weighted by atomic mass is 9.94. The van der Waals surface area contributed by atoms with Crippen LogP contribution in [-0.4, -0.2) is 16.9 Å². The highest BCUT2D eigenvalue weighted by Gasteiger charge is 2.43. The van der Waals surface area contributed by atoms with E-state index in [0.717, 1.165) is 0 Å². The summed E-state index contributed by atoms with van der Waals surface area (Å²) in [6.07, 6.45) is 3.17. The molecule has 1 aliphatic heterocycles. The summed E-state index contributed by atoms with van der Waals surface area (Å²) in [5.74, 6) is -0.351. The third kappa shape index (κ3) is 1.14. The lowest BCUT2D eigenvalue weighted by Crippen LogP contribution is -2.40. The number of aromatic nitrogens is 1. The zero-order chi connectivity index (χ0) is 10.2. The molecule has 72 valence electrons. The van der Waals surface area contributed by atoms with Crippen LogP contribution in [0.4, 0.5) is 4.79 Å². The fourth-order valence-corrected chi connectivity index (χ4v) is 1.40. The second-order valence-corrected chi connectivity index (χ2v) is 3.27. The van der Waals surface area contributed by atoms with Gasteiger partial charge in [-0.15, -0.1) is 0 Å². The summed E-state index contributed by atoms with van der Waals surface area (Å²) in [7, 11) is 0. The molecular formula is C9H9N3O2. The van der Waals surface area contributed by atoms with E-state index in [-0.39, 0.29) is 5.91 Å². The van der Waals surface area contributed by atoms with E-state index < -0.39 is 11.6 Å². The Morgan fingerprint density at radius 3 is 2.71 bits per heavy atom. The van der Waals surface area contributed by atoms with Crippen LogP contribution < -0.4 is 10.6 Å². The van der Waals surface area contributed by atoms with Gasteiger partial charge in [0.2, 0.25) is 0 Å². The molecule has 0 saturated carbocycles. The highest BCUT2D eigenvalue weighted by atomic mass is 16.2. The van der Waals surface area contributed by atoms with E-state index in [1.54, 1.807) is 31.5 Å². The molecule has 2 rings (SSSR count). The maximum Gasteiger partial charge on any atom is 0.322 e. The van der Waals surface area contributed by atoms with Crippen molar-refractivity contribution in [2.45, 2.75) is 12.5 Å². The normalized spacial score (nSPS) is 25.8. The minimum atomic E-state index is -0.995. The molecule has 2 heterocycles. The van der Waals surface area contributed by atoms with Gasteiger partial charge in [-0.25, -0.2) is 4.79 Å². The maximum atomic E-state index is 11.5. The van der Waals surface area contributed by atoms with Gasteiger partial charge in [0, 0.05) is 18.0 Å². The number of urea groups is 1. The smallest absolute Gasteiger partial charge is 0.320 e. The first-order valence-corrected chi connectivity index (χ1v) is 4.17. The van der Waals surface area contributed by atoms with Gasteiger partial charge < -0.3 is 5.32 Å². The van der Waals surface area contributed by atoms with E-state index in [2.05, 4.69) is 15.6 Å². The summed E-state index contributed by atoms with van der Waals surface area (Å²) >= 11 is 0. The molecule has 14 heavy (non-hydrogen) atoms. The number of pyridine rings is 1. The van der Waals surface area contributed by atoms with Crippen LogP contribution in [-0.2, 0) is 10.3 Å². The lowest BCUT2D eigenvalue weighted by Gasteiger charge is -2.19. The molecule has 5 nitrogen and oxygen atoms in total. The number of carbonyl (C=O) groups excluding carboxylic acids is 2. The van der Waals surface area contributed by atoms with Gasteiger partial charge in [0.1, 0.15) is 5.54 Å². The molecule has 1 aromatic rings. The average molecular weight is 191 g/mol. The minimum absolute atomic E-state index is 0.351. The Morgan fingerprint density at radius 2 is 2.21 bits per heavy atom. The topological polar surface area (TPSA) is 71.1 Å². The first-order chi connectivity index (χ1) is 6.63. The number of nitrogens with one attached hydrogen (secondary N) is 2. The predicted octanol–water partition coefficient (Wildman–Crippen LogP) is 0.136. The molecule has 0 aromatic carbocycles. The van der Waals surface area contributed by atoms with Crippen molar-refractivity contribution in [2.75, 3.05) is 0 Å². The van der Waals surface area contributed by atoms with Crippen LogP contribution in [0.15, 0.2) is 24.5 Å². The van der Waals surface area contributed by atoms with Crippen molar-refractivity contribution in [3.05, 3.63) is 30.1 Å². The third-order valence-electron chi connectivity index (χ3n) is 2.28. The van der Waals surface area contributed by atoms with Crippen LogP contribution in [0.25, 0.3) is 0 Å². The molecule has 5 heteroatoms. The van der Waals surface area contributed by atoms with Crippen molar-refractivity contribution in [2.24, 2.45) is 0 Å². The van der Waals surface area contributed by atoms with Gasteiger partial charge in [-0.2, -0.15) is 0 Å². The Kier molecular flexibility index (Phi) is 1.73. The molecule has 1 atom stereocenters. The number of carbonyl (C=O) groups is 2. The first-order valence-electron chi connectivity index (χ1n) is 4.17. The van der Waals surface area contributed by atoms with E-state index >= 15 is 0 Å². The number of imide groups is 1. The highest BCUT2D eigenvalue weighted by molar-refractivity contribution is 6.07. The zero-order valence-electron chi connectivity index (χ0n) is 7.57. The minimum Gasteiger partial charge on any atom is -0.320 e. The summed E-state index contributed by atoms with van der Waals surface area (Å²) in [4.78, 5) is 26.4. The predicted molar refractivity (Wildman–Crippen MR) is 48.3 cm³/mol. The molecule has 0 radical (unpaired) electrons. The zero-order valence-corrected chi connectivity index (χ0v) is 7.57. The Labute approximate surface area is 80.5 Å². The average Bonchev–Trinajstić information content (AvgIpc) is 2.43. The summed E-state index contributed by atoms with van der Waals surface area (Å²) in [5.41, 5.74) is -0.325. The molecule has 1 aromatic heterocycles. The van der Waals surface area contributed by atoms with Crippen LogP contribution in [0.5, 0.6) is 0 Å². The SMILES string of the molecule is CC1(c2cccnc2)NC(=O)NC1=O. The van der Waals surface area contributed by atoms with Gasteiger partial charge in [-0.05, 0) is 13.0 Å². The van der Waals surface area contributed by atoms with E-state index in [1.807, 2.05) is 0 Å². The van der Waals surface area contributed by atoms with Crippen molar-refractivity contribution >= 4 is 11.9 Å². The van der Waals surface area contributed by atoms with Crippen molar-refractivity contribution in [1.82, 2.24) is 15.6 Å². The van der Waals surface area contributed by atoms with Gasteiger partial charge in [0.05, 0.1) is 0 Å². The van der Waals surface area contributed by atoms with Crippen molar-refractivity contribution < 1.29 is 9.59 Å². The standard InChI is InChI=1S/C9H9N3O2/c1-9(6-3-2-4-10-5-6)7(13)11-8(14)12-9/h2-5H,1H3,(H2,11,12,13,14). The van der Waals surface area contributed by atoms with Crippen LogP contribution in [0.1, 0.15) is 12.5 Å². The molecule has 0 spiro atoms. The maximum absolute atomic E-state index is 11.5. The molecule has 1 unspecified atom stereocenters. The largest absolute Gasteiger partial charge is 0.322 e. The fourth-order valence-electron chi connectivity index (χ4n) is 1.40. The molecule has 0 aliphatic carbocycles. The molecule has 1 fully saturated rings. The number of hydrogen-bond donors (Lipinski definition) is 2. The Hall–Kier alpha value is -1.91. The van der Waals surface area contributed by atoms with Crippen LogP contribution in [0.2, 0.25) is 0 Å². The van der Waals surface area contributed by atoms with Crippen molar-refractivity contribution in [3.63, 3.8) is 0 Å². The molecule has 1 saturated heterocycles. The monoisotopic (exact) mass is 191 g/mol. The number of amides is 3. The Bertz CT molecular complexity index is 390. The highest BCUT2D eigenvalue weighted by Crippen LogP contribution is 2.22.